The third kappa shape index (κ3) is 2.67. The highest BCUT2D eigenvalue weighted by molar-refractivity contribution is 7.98. The molecule has 0 saturated carbocycles. The molecule has 3 aromatic rings. The van der Waals surface area contributed by atoms with E-state index in [2.05, 4.69) is 10.2 Å². The van der Waals surface area contributed by atoms with Crippen molar-refractivity contribution in [3.63, 3.8) is 0 Å². The first-order valence-electron chi connectivity index (χ1n) is 5.76. The van der Waals surface area contributed by atoms with E-state index in [1.54, 1.807) is 18.2 Å². The lowest BCUT2D eigenvalue weighted by atomic mass is 10.3. The Balaban J connectivity index is 1.70. The molecule has 20 heavy (non-hydrogen) atoms. The molecule has 0 radical (unpaired) electrons. The van der Waals surface area contributed by atoms with Crippen LogP contribution < -0.4 is 5.73 Å². The summed E-state index contributed by atoms with van der Waals surface area (Å²) in [4.78, 5) is 0.768. The summed E-state index contributed by atoms with van der Waals surface area (Å²) < 4.78 is 23.6. The van der Waals surface area contributed by atoms with Crippen molar-refractivity contribution >= 4 is 17.4 Å². The molecule has 7 heteroatoms. The fourth-order valence-corrected chi connectivity index (χ4v) is 2.39. The molecule has 0 aliphatic carbocycles. The third-order valence-corrected chi connectivity index (χ3v) is 3.60. The number of benzene rings is 1. The SMILES string of the molecule is Nc1cc(F)ccc1SCc1nnc(-c2ccco2)o1. The molecule has 2 aromatic heterocycles. The number of furan rings is 1. The van der Waals surface area contributed by atoms with Crippen molar-refractivity contribution in [3.8, 4) is 11.7 Å². The maximum Gasteiger partial charge on any atom is 0.283 e. The zero-order chi connectivity index (χ0) is 13.9. The molecule has 0 aliphatic heterocycles. The summed E-state index contributed by atoms with van der Waals surface area (Å²) >= 11 is 1.40. The Morgan fingerprint density at radius 1 is 1.25 bits per heavy atom. The van der Waals surface area contributed by atoms with Crippen LogP contribution in [0.5, 0.6) is 0 Å². The standard InChI is InChI=1S/C13H10FN3O2S/c14-8-3-4-11(9(15)6-8)20-7-12-16-17-13(19-12)10-2-1-5-18-10/h1-6H,7,15H2. The molecule has 2 heterocycles. The van der Waals surface area contributed by atoms with E-state index in [-0.39, 0.29) is 5.82 Å². The molecule has 1 aromatic carbocycles. The van der Waals surface area contributed by atoms with E-state index in [0.717, 1.165) is 4.90 Å². The van der Waals surface area contributed by atoms with Crippen molar-refractivity contribution in [3.05, 3.63) is 48.3 Å². The minimum absolute atomic E-state index is 0.331. The van der Waals surface area contributed by atoms with Gasteiger partial charge in [0.15, 0.2) is 5.76 Å². The summed E-state index contributed by atoms with van der Waals surface area (Å²) in [7, 11) is 0. The molecular weight excluding hydrogens is 281 g/mol. The molecule has 0 saturated heterocycles. The summed E-state index contributed by atoms with van der Waals surface area (Å²) in [5.74, 6) is 1.39. The summed E-state index contributed by atoms with van der Waals surface area (Å²) in [6, 6.07) is 7.75. The molecule has 0 unspecified atom stereocenters. The molecule has 3 rings (SSSR count). The Morgan fingerprint density at radius 2 is 2.15 bits per heavy atom. The molecule has 0 bridgehead atoms. The second kappa shape index (κ2) is 5.38. The van der Waals surface area contributed by atoms with Crippen LogP contribution in [0.1, 0.15) is 5.89 Å². The van der Waals surface area contributed by atoms with Gasteiger partial charge in [0.05, 0.1) is 12.0 Å². The zero-order valence-electron chi connectivity index (χ0n) is 10.2. The molecule has 2 N–H and O–H groups in total. The first kappa shape index (κ1) is 12.7. The maximum absolute atomic E-state index is 12.9. The number of anilines is 1. The number of nitrogens with zero attached hydrogens (tertiary/aromatic N) is 2. The lowest BCUT2D eigenvalue weighted by molar-refractivity contribution is 0.494. The fourth-order valence-electron chi connectivity index (χ4n) is 1.60. The normalized spacial score (nSPS) is 10.8. The van der Waals surface area contributed by atoms with Crippen LogP contribution >= 0.6 is 11.8 Å². The Bertz CT molecular complexity index is 712. The third-order valence-electron chi connectivity index (χ3n) is 2.52. The quantitative estimate of drug-likeness (QED) is 0.586. The largest absolute Gasteiger partial charge is 0.459 e. The van der Waals surface area contributed by atoms with Gasteiger partial charge >= 0.3 is 0 Å². The van der Waals surface area contributed by atoms with E-state index in [0.29, 0.717) is 29.0 Å². The van der Waals surface area contributed by atoms with Gasteiger partial charge in [0.2, 0.25) is 5.89 Å². The average molecular weight is 291 g/mol. The van der Waals surface area contributed by atoms with Crippen molar-refractivity contribution in [2.24, 2.45) is 0 Å². The minimum Gasteiger partial charge on any atom is -0.459 e. The highest BCUT2D eigenvalue weighted by Gasteiger charge is 2.11. The number of aromatic nitrogens is 2. The predicted molar refractivity (Wildman–Crippen MR) is 72.4 cm³/mol. The number of hydrogen-bond donors (Lipinski definition) is 1. The zero-order valence-corrected chi connectivity index (χ0v) is 11.1. The number of halogens is 1. The number of thioether (sulfide) groups is 1. The van der Waals surface area contributed by atoms with Crippen molar-refractivity contribution in [1.82, 2.24) is 10.2 Å². The molecule has 0 atom stereocenters. The van der Waals surface area contributed by atoms with Gasteiger partial charge < -0.3 is 14.6 Å². The smallest absolute Gasteiger partial charge is 0.283 e. The summed E-state index contributed by atoms with van der Waals surface area (Å²) in [5.41, 5.74) is 6.12. The van der Waals surface area contributed by atoms with Crippen LogP contribution in [0.25, 0.3) is 11.7 Å². The lowest BCUT2D eigenvalue weighted by Gasteiger charge is -2.02. The van der Waals surface area contributed by atoms with Gasteiger partial charge in [-0.3, -0.25) is 0 Å². The molecule has 5 nitrogen and oxygen atoms in total. The van der Waals surface area contributed by atoms with Gasteiger partial charge in [0, 0.05) is 10.6 Å². The van der Waals surface area contributed by atoms with Crippen LogP contribution in [-0.4, -0.2) is 10.2 Å². The van der Waals surface area contributed by atoms with Gasteiger partial charge in [-0.1, -0.05) is 0 Å². The number of rotatable bonds is 4. The van der Waals surface area contributed by atoms with Gasteiger partial charge in [-0.15, -0.1) is 22.0 Å². The molecule has 0 spiro atoms. The topological polar surface area (TPSA) is 78.1 Å². The number of nitrogens with two attached hydrogens (primary N) is 1. The minimum atomic E-state index is -0.357. The van der Waals surface area contributed by atoms with Gasteiger partial charge in [-0.2, -0.15) is 0 Å². The Kier molecular flexibility index (Phi) is 3.42. The van der Waals surface area contributed by atoms with E-state index in [9.17, 15) is 4.39 Å². The first-order chi connectivity index (χ1) is 9.72. The summed E-state index contributed by atoms with van der Waals surface area (Å²) in [6.45, 7) is 0. The van der Waals surface area contributed by atoms with Gasteiger partial charge in [-0.05, 0) is 30.3 Å². The van der Waals surface area contributed by atoms with Gasteiger partial charge in [0.1, 0.15) is 5.82 Å². The van der Waals surface area contributed by atoms with E-state index in [1.807, 2.05) is 0 Å². The number of hydrogen-bond acceptors (Lipinski definition) is 6. The molecule has 102 valence electrons. The monoisotopic (exact) mass is 291 g/mol. The molecule has 0 aliphatic rings. The van der Waals surface area contributed by atoms with Crippen molar-refractivity contribution < 1.29 is 13.2 Å². The van der Waals surface area contributed by atoms with E-state index in [1.165, 1.54) is 30.2 Å². The fraction of sp³-hybridized carbons (Fsp3) is 0.0769. The Morgan fingerprint density at radius 3 is 2.90 bits per heavy atom. The second-order valence-corrected chi connectivity index (χ2v) is 4.97. The van der Waals surface area contributed by atoms with Crippen LogP contribution in [0.2, 0.25) is 0 Å². The van der Waals surface area contributed by atoms with Gasteiger partial charge in [-0.25, -0.2) is 4.39 Å². The average Bonchev–Trinajstić information content (AvgIpc) is 3.08. The van der Waals surface area contributed by atoms with Crippen LogP contribution in [-0.2, 0) is 5.75 Å². The van der Waals surface area contributed by atoms with Crippen molar-refractivity contribution in [2.75, 3.05) is 5.73 Å². The van der Waals surface area contributed by atoms with Crippen LogP contribution in [0.3, 0.4) is 0 Å². The van der Waals surface area contributed by atoms with Crippen LogP contribution in [0.4, 0.5) is 10.1 Å². The molecular formula is C13H10FN3O2S. The maximum atomic E-state index is 12.9. The molecule has 0 fully saturated rings. The van der Waals surface area contributed by atoms with Gasteiger partial charge in [0.25, 0.3) is 5.89 Å². The highest BCUT2D eigenvalue weighted by atomic mass is 32.2. The summed E-state index contributed by atoms with van der Waals surface area (Å²) in [5, 5.41) is 7.81. The van der Waals surface area contributed by atoms with Crippen molar-refractivity contribution in [1.29, 1.82) is 0 Å². The van der Waals surface area contributed by atoms with E-state index in [4.69, 9.17) is 14.6 Å². The second-order valence-electron chi connectivity index (χ2n) is 3.95. The van der Waals surface area contributed by atoms with Crippen molar-refractivity contribution in [2.45, 2.75) is 10.6 Å². The Hall–Kier alpha value is -2.28. The number of nitrogen functional groups attached to an aromatic ring is 1. The van der Waals surface area contributed by atoms with Crippen LogP contribution in [0.15, 0.2) is 50.3 Å². The first-order valence-corrected chi connectivity index (χ1v) is 6.75. The summed E-state index contributed by atoms with van der Waals surface area (Å²) in [6.07, 6.45) is 1.53. The molecule has 0 amide bonds. The predicted octanol–water partition coefficient (Wildman–Crippen LogP) is 3.34. The Labute approximate surface area is 118 Å². The highest BCUT2D eigenvalue weighted by Crippen LogP contribution is 2.29. The lowest BCUT2D eigenvalue weighted by Crippen LogP contribution is -1.90. The van der Waals surface area contributed by atoms with Crippen LogP contribution in [0, 0.1) is 5.82 Å². The van der Waals surface area contributed by atoms with E-state index < -0.39 is 0 Å². The van der Waals surface area contributed by atoms with E-state index >= 15 is 0 Å².